The number of H-pyrrole nitrogens is 1. The van der Waals surface area contributed by atoms with Crippen molar-refractivity contribution in [3.05, 3.63) is 34.6 Å². The van der Waals surface area contributed by atoms with Crippen LogP contribution in [0, 0.1) is 0 Å². The van der Waals surface area contributed by atoms with Gasteiger partial charge in [-0.25, -0.2) is 4.98 Å². The summed E-state index contributed by atoms with van der Waals surface area (Å²) in [6.07, 6.45) is 2.43. The SMILES string of the molecule is CC(Cc1cccs1)N(C)Cc1nc(-c2ncn[nH]2)no1. The molecule has 0 aliphatic carbocycles. The Bertz CT molecular complexity index is 663. The highest BCUT2D eigenvalue weighted by Gasteiger charge is 2.16. The number of thiophene rings is 1. The largest absolute Gasteiger partial charge is 0.337 e. The lowest BCUT2D eigenvalue weighted by Gasteiger charge is -2.22. The van der Waals surface area contributed by atoms with E-state index in [0.717, 1.165) is 6.42 Å². The first-order valence-electron chi connectivity index (χ1n) is 6.63. The number of aromatic amines is 1. The second-order valence-corrected chi connectivity index (χ2v) is 5.93. The fourth-order valence-electron chi connectivity index (χ4n) is 1.97. The molecule has 3 rings (SSSR count). The molecule has 0 aliphatic rings. The average Bonchev–Trinajstić information content (AvgIpc) is 3.20. The highest BCUT2D eigenvalue weighted by Crippen LogP contribution is 2.15. The van der Waals surface area contributed by atoms with E-state index >= 15 is 0 Å². The standard InChI is InChI=1S/C13H16N6OS/c1-9(6-10-4-3-5-21-10)19(2)7-11-16-13(18-20-11)12-14-8-15-17-12/h3-5,8-9H,6-7H2,1-2H3,(H,14,15,17). The number of nitrogens with zero attached hydrogens (tertiary/aromatic N) is 5. The minimum absolute atomic E-state index is 0.393. The molecule has 110 valence electrons. The summed E-state index contributed by atoms with van der Waals surface area (Å²) in [5.41, 5.74) is 0. The summed E-state index contributed by atoms with van der Waals surface area (Å²) in [5, 5.41) is 12.5. The van der Waals surface area contributed by atoms with Crippen molar-refractivity contribution in [1.82, 2.24) is 30.2 Å². The van der Waals surface area contributed by atoms with Crippen LogP contribution in [-0.4, -0.2) is 43.3 Å². The third kappa shape index (κ3) is 3.34. The van der Waals surface area contributed by atoms with Gasteiger partial charge in [-0.1, -0.05) is 11.2 Å². The van der Waals surface area contributed by atoms with Crippen LogP contribution in [-0.2, 0) is 13.0 Å². The van der Waals surface area contributed by atoms with E-state index in [-0.39, 0.29) is 0 Å². The Balaban J connectivity index is 1.60. The van der Waals surface area contributed by atoms with Crippen molar-refractivity contribution in [2.24, 2.45) is 0 Å². The van der Waals surface area contributed by atoms with Gasteiger partial charge in [0, 0.05) is 10.9 Å². The Morgan fingerprint density at radius 1 is 1.48 bits per heavy atom. The van der Waals surface area contributed by atoms with E-state index in [1.165, 1.54) is 11.2 Å². The predicted octanol–water partition coefficient (Wildman–Crippen LogP) is 1.98. The number of hydrogen-bond donors (Lipinski definition) is 1. The number of hydrogen-bond acceptors (Lipinski definition) is 7. The zero-order chi connectivity index (χ0) is 14.7. The summed E-state index contributed by atoms with van der Waals surface area (Å²) in [6.45, 7) is 2.79. The van der Waals surface area contributed by atoms with Crippen LogP contribution in [0.5, 0.6) is 0 Å². The van der Waals surface area contributed by atoms with Crippen LogP contribution in [0.4, 0.5) is 0 Å². The molecule has 8 heteroatoms. The second kappa shape index (κ2) is 6.15. The van der Waals surface area contributed by atoms with Gasteiger partial charge in [-0.3, -0.25) is 10.00 Å². The topological polar surface area (TPSA) is 83.7 Å². The summed E-state index contributed by atoms with van der Waals surface area (Å²) in [6, 6.07) is 4.63. The summed E-state index contributed by atoms with van der Waals surface area (Å²) >= 11 is 1.78. The molecule has 0 aliphatic heterocycles. The van der Waals surface area contributed by atoms with Gasteiger partial charge in [0.1, 0.15) is 6.33 Å². The van der Waals surface area contributed by atoms with Crippen molar-refractivity contribution in [3.63, 3.8) is 0 Å². The average molecular weight is 304 g/mol. The number of aromatic nitrogens is 5. The predicted molar refractivity (Wildman–Crippen MR) is 78.6 cm³/mol. The van der Waals surface area contributed by atoms with Gasteiger partial charge < -0.3 is 4.52 Å². The molecule has 7 nitrogen and oxygen atoms in total. The van der Waals surface area contributed by atoms with Crippen molar-refractivity contribution in [1.29, 1.82) is 0 Å². The van der Waals surface area contributed by atoms with Crippen LogP contribution < -0.4 is 0 Å². The molecule has 0 radical (unpaired) electrons. The molecule has 1 N–H and O–H groups in total. The Hall–Kier alpha value is -2.06. The molecule has 0 fully saturated rings. The third-order valence-electron chi connectivity index (χ3n) is 3.31. The van der Waals surface area contributed by atoms with Crippen molar-refractivity contribution in [2.75, 3.05) is 7.05 Å². The molecule has 3 heterocycles. The van der Waals surface area contributed by atoms with Crippen LogP contribution in [0.25, 0.3) is 11.6 Å². The second-order valence-electron chi connectivity index (χ2n) is 4.89. The molecule has 21 heavy (non-hydrogen) atoms. The first-order valence-corrected chi connectivity index (χ1v) is 7.51. The molecule has 0 saturated heterocycles. The van der Waals surface area contributed by atoms with Crippen LogP contribution in [0.3, 0.4) is 0 Å². The van der Waals surface area contributed by atoms with Gasteiger partial charge in [0.15, 0.2) is 5.82 Å². The molecule has 0 aromatic carbocycles. The maximum absolute atomic E-state index is 5.26. The smallest absolute Gasteiger partial charge is 0.241 e. The lowest BCUT2D eigenvalue weighted by Crippen LogP contribution is -2.30. The zero-order valence-electron chi connectivity index (χ0n) is 11.9. The van der Waals surface area contributed by atoms with Crippen molar-refractivity contribution >= 4 is 11.3 Å². The minimum atomic E-state index is 0.393. The quantitative estimate of drug-likeness (QED) is 0.749. The fraction of sp³-hybridized carbons (Fsp3) is 0.385. The lowest BCUT2D eigenvalue weighted by atomic mass is 10.2. The Morgan fingerprint density at radius 3 is 3.10 bits per heavy atom. The van der Waals surface area contributed by atoms with E-state index in [1.807, 2.05) is 0 Å². The molecule has 1 atom stereocenters. The van der Waals surface area contributed by atoms with Gasteiger partial charge >= 0.3 is 0 Å². The van der Waals surface area contributed by atoms with Crippen molar-refractivity contribution in [3.8, 4) is 11.6 Å². The number of rotatable bonds is 6. The Morgan fingerprint density at radius 2 is 2.38 bits per heavy atom. The van der Waals surface area contributed by atoms with Gasteiger partial charge in [0.2, 0.25) is 11.7 Å². The maximum atomic E-state index is 5.26. The molecule has 0 saturated carbocycles. The monoisotopic (exact) mass is 304 g/mol. The van der Waals surface area contributed by atoms with E-state index in [4.69, 9.17) is 4.52 Å². The molecule has 1 unspecified atom stereocenters. The molecule has 0 spiro atoms. The molecular formula is C13H16N6OS. The highest BCUT2D eigenvalue weighted by atomic mass is 32.1. The van der Waals surface area contributed by atoms with Crippen LogP contribution in [0.15, 0.2) is 28.4 Å². The van der Waals surface area contributed by atoms with E-state index < -0.39 is 0 Å². The highest BCUT2D eigenvalue weighted by molar-refractivity contribution is 7.09. The van der Waals surface area contributed by atoms with Gasteiger partial charge in [0.05, 0.1) is 6.54 Å². The third-order valence-corrected chi connectivity index (χ3v) is 4.21. The normalized spacial score (nSPS) is 12.9. The zero-order valence-corrected chi connectivity index (χ0v) is 12.7. The molecular weight excluding hydrogens is 288 g/mol. The summed E-state index contributed by atoms with van der Waals surface area (Å²) in [5.74, 6) is 1.52. The molecule has 0 bridgehead atoms. The number of nitrogens with one attached hydrogen (secondary N) is 1. The van der Waals surface area contributed by atoms with Gasteiger partial charge in [0.25, 0.3) is 0 Å². The van der Waals surface area contributed by atoms with Crippen LogP contribution in [0.2, 0.25) is 0 Å². The van der Waals surface area contributed by atoms with E-state index in [2.05, 4.69) is 61.7 Å². The van der Waals surface area contributed by atoms with Crippen LogP contribution in [0.1, 0.15) is 17.7 Å². The summed E-state index contributed by atoms with van der Waals surface area (Å²) in [7, 11) is 2.05. The maximum Gasteiger partial charge on any atom is 0.241 e. The summed E-state index contributed by atoms with van der Waals surface area (Å²) in [4.78, 5) is 11.9. The van der Waals surface area contributed by atoms with Crippen molar-refractivity contribution in [2.45, 2.75) is 25.9 Å². The first-order chi connectivity index (χ1) is 10.2. The van der Waals surface area contributed by atoms with E-state index in [9.17, 15) is 0 Å². The van der Waals surface area contributed by atoms with Crippen molar-refractivity contribution < 1.29 is 4.52 Å². The molecule has 0 amide bonds. The number of likely N-dealkylation sites (N-methyl/N-ethyl adjacent to an activating group) is 1. The minimum Gasteiger partial charge on any atom is -0.337 e. The first kappa shape index (κ1) is 13.9. The van der Waals surface area contributed by atoms with Crippen LogP contribution >= 0.6 is 11.3 Å². The lowest BCUT2D eigenvalue weighted by molar-refractivity contribution is 0.214. The Kier molecular flexibility index (Phi) is 4.07. The fourth-order valence-corrected chi connectivity index (χ4v) is 2.80. The van der Waals surface area contributed by atoms with E-state index in [1.54, 1.807) is 11.3 Å². The molecule has 3 aromatic heterocycles. The Labute approximate surface area is 126 Å². The van der Waals surface area contributed by atoms with Gasteiger partial charge in [-0.05, 0) is 31.8 Å². The van der Waals surface area contributed by atoms with Gasteiger partial charge in [-0.15, -0.1) is 11.3 Å². The summed E-state index contributed by atoms with van der Waals surface area (Å²) < 4.78 is 5.26. The van der Waals surface area contributed by atoms with E-state index in [0.29, 0.717) is 30.1 Å². The van der Waals surface area contributed by atoms with Gasteiger partial charge in [-0.2, -0.15) is 10.1 Å². The molecule has 3 aromatic rings.